The predicted molar refractivity (Wildman–Crippen MR) is 77.4 cm³/mol. The summed E-state index contributed by atoms with van der Waals surface area (Å²) in [4.78, 5) is 2.03. The van der Waals surface area contributed by atoms with Crippen molar-refractivity contribution in [3.05, 3.63) is 64.1 Å². The fourth-order valence-corrected chi connectivity index (χ4v) is 2.38. The molecule has 2 rings (SSSR count). The number of benzene rings is 1. The molecule has 1 aliphatic heterocycles. The van der Waals surface area contributed by atoms with E-state index in [1.165, 1.54) is 6.07 Å². The largest absolute Gasteiger partial charge is 0.341 e. The SMILES string of the molecule is C=C1C(C)=CC=C(c2ccc(Br)cc2F)N1CC. The van der Waals surface area contributed by atoms with Crippen LogP contribution in [0.5, 0.6) is 0 Å². The van der Waals surface area contributed by atoms with Crippen molar-refractivity contribution < 1.29 is 4.39 Å². The number of hydrogen-bond donors (Lipinski definition) is 0. The van der Waals surface area contributed by atoms with Gasteiger partial charge in [0, 0.05) is 22.3 Å². The standard InChI is InChI=1S/C15H15BrFN/c1-4-18-11(3)10(2)5-8-15(18)13-7-6-12(16)9-14(13)17/h5-9H,3-4H2,1-2H3. The van der Waals surface area contributed by atoms with E-state index in [1.807, 2.05) is 37.0 Å². The Morgan fingerprint density at radius 1 is 1.33 bits per heavy atom. The maximum absolute atomic E-state index is 14.0. The van der Waals surface area contributed by atoms with Crippen molar-refractivity contribution in [2.24, 2.45) is 0 Å². The normalized spacial score (nSPS) is 15.6. The van der Waals surface area contributed by atoms with Gasteiger partial charge in [-0.25, -0.2) is 4.39 Å². The maximum Gasteiger partial charge on any atom is 0.133 e. The number of halogens is 2. The van der Waals surface area contributed by atoms with Gasteiger partial charge < -0.3 is 4.90 Å². The Morgan fingerprint density at radius 2 is 2.06 bits per heavy atom. The topological polar surface area (TPSA) is 3.24 Å². The Hall–Kier alpha value is -1.35. The van der Waals surface area contributed by atoms with Crippen LogP contribution in [-0.2, 0) is 0 Å². The lowest BCUT2D eigenvalue weighted by Gasteiger charge is -2.31. The summed E-state index contributed by atoms with van der Waals surface area (Å²) >= 11 is 3.27. The molecule has 94 valence electrons. The van der Waals surface area contributed by atoms with Gasteiger partial charge in [0.1, 0.15) is 5.82 Å². The van der Waals surface area contributed by atoms with E-state index in [2.05, 4.69) is 22.5 Å². The highest BCUT2D eigenvalue weighted by molar-refractivity contribution is 9.10. The summed E-state index contributed by atoms with van der Waals surface area (Å²) in [5.74, 6) is -0.227. The predicted octanol–water partition coefficient (Wildman–Crippen LogP) is 4.72. The molecule has 0 saturated heterocycles. The summed E-state index contributed by atoms with van der Waals surface area (Å²) in [5, 5.41) is 0. The van der Waals surface area contributed by atoms with E-state index in [4.69, 9.17) is 0 Å². The Labute approximate surface area is 115 Å². The van der Waals surface area contributed by atoms with Crippen molar-refractivity contribution in [1.82, 2.24) is 4.90 Å². The molecule has 0 atom stereocenters. The highest BCUT2D eigenvalue weighted by atomic mass is 79.9. The molecule has 0 spiro atoms. The first-order valence-electron chi connectivity index (χ1n) is 5.85. The smallest absolute Gasteiger partial charge is 0.133 e. The van der Waals surface area contributed by atoms with E-state index >= 15 is 0 Å². The minimum atomic E-state index is -0.227. The second-order valence-corrected chi connectivity index (χ2v) is 5.13. The third-order valence-corrected chi connectivity index (χ3v) is 3.58. The third-order valence-electron chi connectivity index (χ3n) is 3.09. The highest BCUT2D eigenvalue weighted by Crippen LogP contribution is 2.32. The summed E-state index contributed by atoms with van der Waals surface area (Å²) in [6.45, 7) is 8.87. The Balaban J connectivity index is 2.52. The van der Waals surface area contributed by atoms with Gasteiger partial charge in [-0.2, -0.15) is 0 Å². The van der Waals surface area contributed by atoms with E-state index in [0.717, 1.165) is 28.0 Å². The first-order chi connectivity index (χ1) is 8.54. The molecular formula is C15H15BrFN. The van der Waals surface area contributed by atoms with Gasteiger partial charge >= 0.3 is 0 Å². The van der Waals surface area contributed by atoms with Crippen molar-refractivity contribution in [2.75, 3.05) is 6.54 Å². The van der Waals surface area contributed by atoms with E-state index in [-0.39, 0.29) is 5.82 Å². The van der Waals surface area contributed by atoms with Gasteiger partial charge in [-0.05, 0) is 43.7 Å². The molecule has 0 bridgehead atoms. The van der Waals surface area contributed by atoms with Gasteiger partial charge in [-0.15, -0.1) is 0 Å². The second kappa shape index (κ2) is 5.11. The maximum atomic E-state index is 14.0. The molecule has 1 aliphatic rings. The molecule has 0 amide bonds. The molecule has 0 saturated carbocycles. The molecule has 1 heterocycles. The summed E-state index contributed by atoms with van der Waals surface area (Å²) in [6, 6.07) is 5.12. The van der Waals surface area contributed by atoms with E-state index in [9.17, 15) is 4.39 Å². The molecule has 0 aliphatic carbocycles. The number of hydrogen-bond acceptors (Lipinski definition) is 1. The van der Waals surface area contributed by atoms with Crippen LogP contribution in [-0.4, -0.2) is 11.4 Å². The van der Waals surface area contributed by atoms with Crippen molar-refractivity contribution in [2.45, 2.75) is 13.8 Å². The van der Waals surface area contributed by atoms with Gasteiger partial charge in [-0.1, -0.05) is 28.6 Å². The molecule has 0 N–H and O–H groups in total. The van der Waals surface area contributed by atoms with Crippen LogP contribution in [0.3, 0.4) is 0 Å². The Morgan fingerprint density at radius 3 is 2.67 bits per heavy atom. The molecule has 0 aromatic heterocycles. The lowest BCUT2D eigenvalue weighted by molar-refractivity contribution is 0.515. The number of allylic oxidation sites excluding steroid dienone is 3. The molecule has 0 fully saturated rings. The van der Waals surface area contributed by atoms with Gasteiger partial charge in [0.2, 0.25) is 0 Å². The molecule has 1 nitrogen and oxygen atoms in total. The lowest BCUT2D eigenvalue weighted by Crippen LogP contribution is -2.23. The first-order valence-corrected chi connectivity index (χ1v) is 6.64. The molecular weight excluding hydrogens is 293 g/mol. The number of nitrogens with zero attached hydrogens (tertiary/aromatic N) is 1. The van der Waals surface area contributed by atoms with Crippen LogP contribution in [0.25, 0.3) is 5.70 Å². The van der Waals surface area contributed by atoms with Crippen molar-refractivity contribution in [1.29, 1.82) is 0 Å². The summed E-state index contributed by atoms with van der Waals surface area (Å²) in [7, 11) is 0. The van der Waals surface area contributed by atoms with Crippen LogP contribution in [0.2, 0.25) is 0 Å². The van der Waals surface area contributed by atoms with Crippen molar-refractivity contribution >= 4 is 21.6 Å². The Kier molecular flexibility index (Phi) is 3.71. The zero-order chi connectivity index (χ0) is 13.3. The molecule has 1 aromatic rings. The van der Waals surface area contributed by atoms with Crippen molar-refractivity contribution in [3.8, 4) is 0 Å². The molecule has 18 heavy (non-hydrogen) atoms. The average Bonchev–Trinajstić information content (AvgIpc) is 2.33. The zero-order valence-corrected chi connectivity index (χ0v) is 12.1. The number of rotatable bonds is 2. The average molecular weight is 308 g/mol. The summed E-state index contributed by atoms with van der Waals surface area (Å²) < 4.78 is 14.8. The minimum absolute atomic E-state index is 0.227. The molecule has 1 aromatic carbocycles. The Bertz CT molecular complexity index is 558. The summed E-state index contributed by atoms with van der Waals surface area (Å²) in [5.41, 5.74) is 3.50. The van der Waals surface area contributed by atoms with E-state index in [0.29, 0.717) is 5.56 Å². The minimum Gasteiger partial charge on any atom is -0.341 e. The van der Waals surface area contributed by atoms with Crippen LogP contribution in [0.4, 0.5) is 4.39 Å². The van der Waals surface area contributed by atoms with Crippen LogP contribution >= 0.6 is 15.9 Å². The summed E-state index contributed by atoms with van der Waals surface area (Å²) in [6.07, 6.45) is 3.92. The second-order valence-electron chi connectivity index (χ2n) is 4.22. The lowest BCUT2D eigenvalue weighted by atomic mass is 10.0. The molecule has 3 heteroatoms. The fraction of sp³-hybridized carbons (Fsp3) is 0.200. The van der Waals surface area contributed by atoms with Gasteiger partial charge in [0.25, 0.3) is 0 Å². The van der Waals surface area contributed by atoms with E-state index in [1.54, 1.807) is 6.07 Å². The van der Waals surface area contributed by atoms with Crippen LogP contribution in [0.15, 0.2) is 52.7 Å². The zero-order valence-electron chi connectivity index (χ0n) is 10.5. The fourth-order valence-electron chi connectivity index (χ4n) is 2.04. The van der Waals surface area contributed by atoms with Crippen LogP contribution in [0, 0.1) is 5.82 Å². The molecule has 0 unspecified atom stereocenters. The highest BCUT2D eigenvalue weighted by Gasteiger charge is 2.19. The van der Waals surface area contributed by atoms with Gasteiger partial charge in [-0.3, -0.25) is 0 Å². The monoisotopic (exact) mass is 307 g/mol. The quantitative estimate of drug-likeness (QED) is 0.764. The van der Waals surface area contributed by atoms with Crippen LogP contribution in [0.1, 0.15) is 19.4 Å². The number of likely N-dealkylation sites (N-methyl/N-ethyl adjacent to an activating group) is 1. The van der Waals surface area contributed by atoms with Gasteiger partial charge in [0.05, 0.1) is 5.70 Å². The third kappa shape index (κ3) is 2.27. The van der Waals surface area contributed by atoms with Crippen LogP contribution < -0.4 is 0 Å². The first kappa shape index (κ1) is 13.1. The molecule has 0 radical (unpaired) electrons. The van der Waals surface area contributed by atoms with E-state index < -0.39 is 0 Å². The van der Waals surface area contributed by atoms with Crippen molar-refractivity contribution in [3.63, 3.8) is 0 Å². The van der Waals surface area contributed by atoms with Gasteiger partial charge in [0.15, 0.2) is 0 Å².